The van der Waals surface area contributed by atoms with Crippen molar-refractivity contribution in [2.75, 3.05) is 19.5 Å². The SMILES string of the molecule is COc1ccc(CNc2ncnc3c2cnn3-c2ccccn2)cc1OC. The van der Waals surface area contributed by atoms with Crippen LogP contribution in [0.15, 0.2) is 55.1 Å². The van der Waals surface area contributed by atoms with Gasteiger partial charge in [-0.2, -0.15) is 9.78 Å². The summed E-state index contributed by atoms with van der Waals surface area (Å²) in [6.07, 6.45) is 4.97. The second kappa shape index (κ2) is 7.28. The molecule has 3 aromatic heterocycles. The van der Waals surface area contributed by atoms with Crippen LogP contribution in [-0.4, -0.2) is 39.0 Å². The van der Waals surface area contributed by atoms with Gasteiger partial charge in [-0.3, -0.25) is 0 Å². The normalized spacial score (nSPS) is 10.7. The molecular weight excluding hydrogens is 344 g/mol. The van der Waals surface area contributed by atoms with Crippen LogP contribution in [0.1, 0.15) is 5.56 Å². The molecule has 4 aromatic rings. The second-order valence-corrected chi connectivity index (χ2v) is 5.75. The Hall–Kier alpha value is -3.68. The molecule has 0 unspecified atom stereocenters. The van der Waals surface area contributed by atoms with E-state index >= 15 is 0 Å². The molecule has 4 rings (SSSR count). The highest BCUT2D eigenvalue weighted by atomic mass is 16.5. The van der Waals surface area contributed by atoms with Crippen LogP contribution >= 0.6 is 0 Å². The minimum atomic E-state index is 0.571. The summed E-state index contributed by atoms with van der Waals surface area (Å²) < 4.78 is 12.3. The zero-order valence-electron chi connectivity index (χ0n) is 15.0. The van der Waals surface area contributed by atoms with Crippen molar-refractivity contribution in [3.05, 3.63) is 60.7 Å². The highest BCUT2D eigenvalue weighted by Crippen LogP contribution is 2.28. The van der Waals surface area contributed by atoms with Gasteiger partial charge in [-0.25, -0.2) is 15.0 Å². The maximum atomic E-state index is 5.35. The van der Waals surface area contributed by atoms with Crippen molar-refractivity contribution in [2.24, 2.45) is 0 Å². The smallest absolute Gasteiger partial charge is 0.170 e. The standard InChI is InChI=1S/C19H18N6O2/c1-26-15-7-6-13(9-16(15)27-2)10-21-18-14-11-24-25(19(14)23-12-22-18)17-5-3-4-8-20-17/h3-9,11-12H,10H2,1-2H3,(H,21,22,23). The minimum absolute atomic E-state index is 0.571. The van der Waals surface area contributed by atoms with Gasteiger partial charge in [0.15, 0.2) is 23.0 Å². The number of hydrogen-bond acceptors (Lipinski definition) is 7. The van der Waals surface area contributed by atoms with Gasteiger partial charge in [-0.15, -0.1) is 0 Å². The summed E-state index contributed by atoms with van der Waals surface area (Å²) >= 11 is 0. The predicted molar refractivity (Wildman–Crippen MR) is 101 cm³/mol. The molecular formula is C19H18N6O2. The van der Waals surface area contributed by atoms with E-state index in [9.17, 15) is 0 Å². The summed E-state index contributed by atoms with van der Waals surface area (Å²) in [6.45, 7) is 0.571. The van der Waals surface area contributed by atoms with Crippen LogP contribution in [-0.2, 0) is 6.54 Å². The van der Waals surface area contributed by atoms with Crippen molar-refractivity contribution in [2.45, 2.75) is 6.54 Å². The topological polar surface area (TPSA) is 87.0 Å². The van der Waals surface area contributed by atoms with E-state index in [2.05, 4.69) is 25.4 Å². The number of hydrogen-bond donors (Lipinski definition) is 1. The molecule has 136 valence electrons. The number of fused-ring (bicyclic) bond motifs is 1. The largest absolute Gasteiger partial charge is 0.493 e. The average molecular weight is 362 g/mol. The Morgan fingerprint density at radius 3 is 2.67 bits per heavy atom. The highest BCUT2D eigenvalue weighted by Gasteiger charge is 2.12. The number of pyridine rings is 1. The summed E-state index contributed by atoms with van der Waals surface area (Å²) in [5.74, 6) is 2.80. The van der Waals surface area contributed by atoms with E-state index in [-0.39, 0.29) is 0 Å². The fourth-order valence-corrected chi connectivity index (χ4v) is 2.81. The molecule has 0 spiro atoms. The van der Waals surface area contributed by atoms with Gasteiger partial charge in [0.25, 0.3) is 0 Å². The van der Waals surface area contributed by atoms with Crippen molar-refractivity contribution in [1.82, 2.24) is 24.7 Å². The molecule has 0 saturated heterocycles. The monoisotopic (exact) mass is 362 g/mol. The quantitative estimate of drug-likeness (QED) is 0.564. The van der Waals surface area contributed by atoms with E-state index < -0.39 is 0 Å². The third kappa shape index (κ3) is 3.24. The Kier molecular flexibility index (Phi) is 4.52. The molecule has 0 atom stereocenters. The van der Waals surface area contributed by atoms with Gasteiger partial charge in [0, 0.05) is 12.7 Å². The third-order valence-corrected chi connectivity index (χ3v) is 4.14. The summed E-state index contributed by atoms with van der Waals surface area (Å²) in [6, 6.07) is 11.4. The van der Waals surface area contributed by atoms with Crippen molar-refractivity contribution in [3.8, 4) is 17.3 Å². The number of benzene rings is 1. The van der Waals surface area contributed by atoms with Gasteiger partial charge in [0.1, 0.15) is 12.1 Å². The van der Waals surface area contributed by atoms with Gasteiger partial charge in [-0.05, 0) is 29.8 Å². The number of ether oxygens (including phenoxy) is 2. The lowest BCUT2D eigenvalue weighted by Crippen LogP contribution is -2.04. The Bertz CT molecular complexity index is 1060. The van der Waals surface area contributed by atoms with E-state index in [0.717, 1.165) is 10.9 Å². The van der Waals surface area contributed by atoms with Crippen molar-refractivity contribution >= 4 is 16.9 Å². The average Bonchev–Trinajstić information content (AvgIpc) is 3.17. The Morgan fingerprint density at radius 2 is 1.89 bits per heavy atom. The van der Waals surface area contributed by atoms with E-state index in [1.54, 1.807) is 31.3 Å². The molecule has 0 aliphatic rings. The summed E-state index contributed by atoms with van der Waals surface area (Å²) in [4.78, 5) is 13.0. The van der Waals surface area contributed by atoms with Gasteiger partial charge >= 0.3 is 0 Å². The third-order valence-electron chi connectivity index (χ3n) is 4.14. The molecule has 8 nitrogen and oxygen atoms in total. The summed E-state index contributed by atoms with van der Waals surface area (Å²) in [7, 11) is 3.24. The first kappa shape index (κ1) is 16.8. The maximum absolute atomic E-state index is 5.35. The molecule has 0 radical (unpaired) electrons. The number of anilines is 1. The van der Waals surface area contributed by atoms with Crippen LogP contribution in [0, 0.1) is 0 Å². The van der Waals surface area contributed by atoms with E-state index in [4.69, 9.17) is 9.47 Å². The molecule has 0 fully saturated rings. The molecule has 0 aliphatic carbocycles. The van der Waals surface area contributed by atoms with E-state index in [1.165, 1.54) is 6.33 Å². The molecule has 0 aliphatic heterocycles. The lowest BCUT2D eigenvalue weighted by molar-refractivity contribution is 0.354. The molecule has 0 bridgehead atoms. The first-order valence-electron chi connectivity index (χ1n) is 8.35. The van der Waals surface area contributed by atoms with Gasteiger partial charge < -0.3 is 14.8 Å². The fourth-order valence-electron chi connectivity index (χ4n) is 2.81. The van der Waals surface area contributed by atoms with Gasteiger partial charge in [0.2, 0.25) is 0 Å². The lowest BCUT2D eigenvalue weighted by atomic mass is 10.2. The Labute approximate surface area is 155 Å². The van der Waals surface area contributed by atoms with Crippen LogP contribution < -0.4 is 14.8 Å². The first-order valence-corrected chi connectivity index (χ1v) is 8.35. The number of nitrogens with one attached hydrogen (secondary N) is 1. The zero-order valence-corrected chi connectivity index (χ0v) is 15.0. The Balaban J connectivity index is 1.61. The van der Waals surface area contributed by atoms with Crippen molar-refractivity contribution < 1.29 is 9.47 Å². The van der Waals surface area contributed by atoms with Crippen LogP contribution in [0.2, 0.25) is 0 Å². The molecule has 0 saturated carbocycles. The van der Waals surface area contributed by atoms with E-state index in [1.807, 2.05) is 36.4 Å². The minimum Gasteiger partial charge on any atom is -0.493 e. The molecule has 27 heavy (non-hydrogen) atoms. The number of rotatable bonds is 6. The lowest BCUT2D eigenvalue weighted by Gasteiger charge is -2.11. The van der Waals surface area contributed by atoms with E-state index in [0.29, 0.717) is 35.3 Å². The van der Waals surface area contributed by atoms with Crippen LogP contribution in [0.5, 0.6) is 11.5 Å². The maximum Gasteiger partial charge on any atom is 0.170 e. The highest BCUT2D eigenvalue weighted by molar-refractivity contribution is 5.86. The van der Waals surface area contributed by atoms with Crippen LogP contribution in [0.3, 0.4) is 0 Å². The summed E-state index contributed by atoms with van der Waals surface area (Å²) in [5.41, 5.74) is 1.73. The van der Waals surface area contributed by atoms with Crippen LogP contribution in [0.25, 0.3) is 16.9 Å². The molecule has 8 heteroatoms. The van der Waals surface area contributed by atoms with Crippen LogP contribution in [0.4, 0.5) is 5.82 Å². The molecule has 1 aromatic carbocycles. The molecule has 1 N–H and O–H groups in total. The van der Waals surface area contributed by atoms with Crippen molar-refractivity contribution in [3.63, 3.8) is 0 Å². The molecule has 3 heterocycles. The predicted octanol–water partition coefficient (Wildman–Crippen LogP) is 2.84. The zero-order chi connectivity index (χ0) is 18.6. The fraction of sp³-hybridized carbons (Fsp3) is 0.158. The molecule has 0 amide bonds. The Morgan fingerprint density at radius 1 is 1.00 bits per heavy atom. The second-order valence-electron chi connectivity index (χ2n) is 5.75. The van der Waals surface area contributed by atoms with Gasteiger partial charge in [0.05, 0.1) is 25.8 Å². The van der Waals surface area contributed by atoms with Crippen molar-refractivity contribution in [1.29, 1.82) is 0 Å². The number of aromatic nitrogens is 5. The van der Waals surface area contributed by atoms with Gasteiger partial charge in [-0.1, -0.05) is 12.1 Å². The number of nitrogens with zero attached hydrogens (tertiary/aromatic N) is 5. The first-order chi connectivity index (χ1) is 13.3. The number of methoxy groups -OCH3 is 2. The summed E-state index contributed by atoms with van der Waals surface area (Å²) in [5, 5.41) is 8.57.